The number of fused-ring (bicyclic) bond motifs is 1. The predicted molar refractivity (Wildman–Crippen MR) is 119 cm³/mol. The molecule has 3 heteroatoms. The molecule has 0 aliphatic carbocycles. The molecule has 0 atom stereocenters. The fraction of sp³-hybridized carbons (Fsp3) is 0.130. The number of nitrogens with zero attached hydrogens (tertiary/aromatic N) is 1. The van der Waals surface area contributed by atoms with Crippen molar-refractivity contribution in [1.29, 1.82) is 0 Å². The Hall–Kier alpha value is -1.78. The Balaban J connectivity index is 1.93. The fourth-order valence-electron chi connectivity index (χ4n) is 3.22. The van der Waals surface area contributed by atoms with Crippen molar-refractivity contribution in [2.75, 3.05) is 4.90 Å². The zero-order valence-corrected chi connectivity index (χ0v) is 19.1. The van der Waals surface area contributed by atoms with Gasteiger partial charge in [0.25, 0.3) is 0 Å². The first-order chi connectivity index (χ1) is 12.5. The van der Waals surface area contributed by atoms with Gasteiger partial charge in [0.05, 0.1) is 0 Å². The van der Waals surface area contributed by atoms with Gasteiger partial charge in [-0.05, 0) is 0 Å². The second-order valence-corrected chi connectivity index (χ2v) is 24.0. The molecule has 130 valence electrons. The van der Waals surface area contributed by atoms with E-state index >= 15 is 0 Å². The van der Waals surface area contributed by atoms with Gasteiger partial charge in [-0.3, -0.25) is 0 Å². The summed E-state index contributed by atoms with van der Waals surface area (Å²) >= 11 is -0.114. The van der Waals surface area contributed by atoms with Gasteiger partial charge in [-0.2, -0.15) is 0 Å². The molecule has 0 spiro atoms. The third-order valence-corrected chi connectivity index (χ3v) is 15.1. The van der Waals surface area contributed by atoms with Crippen molar-refractivity contribution in [3.63, 3.8) is 0 Å². The summed E-state index contributed by atoms with van der Waals surface area (Å²) in [5.74, 6) is 0. The second kappa shape index (κ2) is 7.09. The molecule has 0 aliphatic rings. The maximum absolute atomic E-state index is 2.48. The van der Waals surface area contributed by atoms with Gasteiger partial charge in [0, 0.05) is 0 Å². The van der Waals surface area contributed by atoms with Crippen molar-refractivity contribution in [2.45, 2.75) is 14.8 Å². The van der Waals surface area contributed by atoms with E-state index in [0.29, 0.717) is 0 Å². The Morgan fingerprint density at radius 2 is 1.38 bits per heavy atom. The molecule has 0 amide bonds. The summed E-state index contributed by atoms with van der Waals surface area (Å²) in [4.78, 5) is 9.85. The predicted octanol–water partition coefficient (Wildman–Crippen LogP) is 6.92. The van der Waals surface area contributed by atoms with E-state index in [-0.39, 0.29) is 0 Å². The molecule has 0 saturated carbocycles. The molecule has 0 bridgehead atoms. The molecule has 0 aliphatic heterocycles. The van der Waals surface area contributed by atoms with Crippen LogP contribution < -0.4 is 7.79 Å². The topological polar surface area (TPSA) is 3.24 Å². The zero-order chi connectivity index (χ0) is 18.1. The van der Waals surface area contributed by atoms with Crippen LogP contribution in [0.15, 0.2) is 84.9 Å². The molecule has 0 fully saturated rings. The van der Waals surface area contributed by atoms with E-state index in [1.165, 1.54) is 27.1 Å². The minimum absolute atomic E-state index is 1.21. The normalized spacial score (nSPS) is 11.7. The molecular formula is C23H23NSSn. The summed E-state index contributed by atoms with van der Waals surface area (Å²) in [6.07, 6.45) is 0. The number of rotatable bonds is 4. The van der Waals surface area contributed by atoms with Crippen molar-refractivity contribution in [3.05, 3.63) is 84.9 Å². The molecule has 1 nitrogen and oxygen atoms in total. The summed E-state index contributed by atoms with van der Waals surface area (Å²) in [6.45, 7) is 0. The van der Waals surface area contributed by atoms with Crippen molar-refractivity contribution >= 4 is 59.8 Å². The molecule has 4 rings (SSSR count). The van der Waals surface area contributed by atoms with Crippen LogP contribution in [0.1, 0.15) is 0 Å². The third kappa shape index (κ3) is 3.40. The van der Waals surface area contributed by atoms with E-state index in [1.54, 1.807) is 2.89 Å². The van der Waals surface area contributed by atoms with Gasteiger partial charge in [-0.25, -0.2) is 0 Å². The van der Waals surface area contributed by atoms with Gasteiger partial charge in [0.1, 0.15) is 0 Å². The quantitative estimate of drug-likeness (QED) is 0.297. The molecule has 3 aromatic carbocycles. The molecule has 4 aromatic rings. The Labute approximate surface area is 163 Å². The van der Waals surface area contributed by atoms with Crippen molar-refractivity contribution < 1.29 is 0 Å². The zero-order valence-electron chi connectivity index (χ0n) is 15.4. The number of anilines is 3. The van der Waals surface area contributed by atoms with Crippen LogP contribution >= 0.6 is 11.3 Å². The Morgan fingerprint density at radius 1 is 0.692 bits per heavy atom. The number of hydrogen-bond acceptors (Lipinski definition) is 2. The summed E-state index contributed by atoms with van der Waals surface area (Å²) in [5, 5.41) is 3.86. The van der Waals surface area contributed by atoms with Gasteiger partial charge in [0.2, 0.25) is 0 Å². The van der Waals surface area contributed by atoms with Crippen LogP contribution in [0.4, 0.5) is 16.4 Å². The van der Waals surface area contributed by atoms with Crippen molar-refractivity contribution in [2.24, 2.45) is 0 Å². The minimum atomic E-state index is -2.08. The monoisotopic (exact) mass is 465 g/mol. The molecular weight excluding hydrogens is 441 g/mol. The molecule has 0 unspecified atom stereocenters. The second-order valence-electron chi connectivity index (χ2n) is 7.56. The molecule has 0 saturated heterocycles. The number of para-hydroxylation sites is 1. The van der Waals surface area contributed by atoms with Crippen molar-refractivity contribution in [3.8, 4) is 0 Å². The van der Waals surface area contributed by atoms with Crippen LogP contribution in [0.5, 0.6) is 0 Å². The standard InChI is InChI=1S/C20H14NS.3CH3.Sn/c1-2-10-17(11-3-1)21(20-14-7-15-22-20)19-13-6-9-16-8-4-5-12-18(16)19;;;;/h1-14H;3*1H3;. The summed E-state index contributed by atoms with van der Waals surface area (Å²) in [6, 6.07) is 30.6. The van der Waals surface area contributed by atoms with E-state index in [9.17, 15) is 0 Å². The first-order valence-corrected chi connectivity index (χ1v) is 19.8. The summed E-state index contributed by atoms with van der Waals surface area (Å²) in [5.41, 5.74) is 2.45. The van der Waals surface area contributed by atoms with Gasteiger partial charge in [0.15, 0.2) is 0 Å². The van der Waals surface area contributed by atoms with E-state index in [2.05, 4.69) is 105 Å². The summed E-state index contributed by atoms with van der Waals surface area (Å²) in [7, 11) is 0. The number of benzene rings is 3. The third-order valence-electron chi connectivity index (χ3n) is 4.57. The molecule has 26 heavy (non-hydrogen) atoms. The van der Waals surface area contributed by atoms with E-state index in [0.717, 1.165) is 0 Å². The molecule has 0 radical (unpaired) electrons. The number of hydrogen-bond donors (Lipinski definition) is 0. The van der Waals surface area contributed by atoms with Crippen LogP contribution in [0.3, 0.4) is 0 Å². The average Bonchev–Trinajstić information content (AvgIpc) is 3.13. The van der Waals surface area contributed by atoms with E-state index in [4.69, 9.17) is 0 Å². The Kier molecular flexibility index (Phi) is 4.80. The van der Waals surface area contributed by atoms with Gasteiger partial charge < -0.3 is 0 Å². The first-order valence-electron chi connectivity index (χ1n) is 8.97. The van der Waals surface area contributed by atoms with Crippen LogP contribution in [-0.4, -0.2) is 18.4 Å². The summed E-state index contributed by atoms with van der Waals surface area (Å²) < 4.78 is 1.61. The van der Waals surface area contributed by atoms with Gasteiger partial charge >= 0.3 is 164 Å². The van der Waals surface area contributed by atoms with Crippen molar-refractivity contribution in [1.82, 2.24) is 0 Å². The number of thiophene rings is 1. The molecule has 1 heterocycles. The Morgan fingerprint density at radius 3 is 2.12 bits per heavy atom. The molecule has 0 N–H and O–H groups in total. The van der Waals surface area contributed by atoms with Crippen LogP contribution in [0.2, 0.25) is 14.8 Å². The maximum atomic E-state index is 2.48. The Bertz CT molecular complexity index is 1030. The van der Waals surface area contributed by atoms with E-state index in [1.807, 2.05) is 11.3 Å². The SMILES string of the molecule is [CH3][Sn]([CH3])([CH3])[c]1ccc(N(c2ccccc2)c2cccc3ccccc23)s1. The van der Waals surface area contributed by atoms with E-state index < -0.39 is 18.4 Å². The van der Waals surface area contributed by atoms with Gasteiger partial charge in [-0.15, -0.1) is 0 Å². The fourth-order valence-corrected chi connectivity index (χ4v) is 9.50. The first kappa shape index (κ1) is 17.6. The molecule has 1 aromatic heterocycles. The van der Waals surface area contributed by atoms with Gasteiger partial charge in [-0.1, -0.05) is 0 Å². The average molecular weight is 464 g/mol. The van der Waals surface area contributed by atoms with Crippen LogP contribution in [-0.2, 0) is 0 Å². The van der Waals surface area contributed by atoms with Crippen LogP contribution in [0.25, 0.3) is 10.8 Å². The van der Waals surface area contributed by atoms with Crippen LogP contribution in [0, 0.1) is 0 Å².